The summed E-state index contributed by atoms with van der Waals surface area (Å²) in [6.07, 6.45) is 8.52. The summed E-state index contributed by atoms with van der Waals surface area (Å²) in [5.74, 6) is -2.74. The molecule has 6 unspecified atom stereocenters. The first-order valence-electron chi connectivity index (χ1n) is 17.7. The van der Waals surface area contributed by atoms with Gasteiger partial charge >= 0.3 is 11.9 Å². The van der Waals surface area contributed by atoms with E-state index >= 15 is 0 Å². The van der Waals surface area contributed by atoms with Gasteiger partial charge in [-0.3, -0.25) is 19.2 Å². The Bertz CT molecular complexity index is 1620. The minimum absolute atomic E-state index is 0.0804. The van der Waals surface area contributed by atoms with Gasteiger partial charge in [-0.1, -0.05) is 66.2 Å². The topological polar surface area (TPSA) is 93.2 Å². The van der Waals surface area contributed by atoms with E-state index in [0.29, 0.717) is 47.6 Å². The quantitative estimate of drug-likeness (QED) is 0.125. The number of amides is 2. The molecular weight excluding hydrogens is 645 g/mol. The first kappa shape index (κ1) is 33.0. The molecule has 8 nitrogen and oxygen atoms in total. The Labute approximate surface area is 290 Å². The van der Waals surface area contributed by atoms with Crippen LogP contribution in [-0.4, -0.2) is 36.8 Å². The number of thiophene rings is 2. The molecule has 0 saturated heterocycles. The smallest absolute Gasteiger partial charge is 0.320 e. The lowest BCUT2D eigenvalue weighted by molar-refractivity contribution is -0.136. The second kappa shape index (κ2) is 13.4. The summed E-state index contributed by atoms with van der Waals surface area (Å²) >= 11 is 2.99. The molecule has 0 radical (unpaired) electrons. The zero-order valence-electron chi connectivity index (χ0n) is 28.2. The number of benzene rings is 1. The highest BCUT2D eigenvalue weighted by molar-refractivity contribution is 7.11. The number of hydrogen-bond donors (Lipinski definition) is 0. The predicted molar refractivity (Wildman–Crippen MR) is 189 cm³/mol. The summed E-state index contributed by atoms with van der Waals surface area (Å²) in [7, 11) is 0. The first-order chi connectivity index (χ1) is 23.3. The van der Waals surface area contributed by atoms with Crippen molar-refractivity contribution in [2.24, 2.45) is 11.8 Å². The molecule has 4 aliphatic rings. The summed E-state index contributed by atoms with van der Waals surface area (Å²) in [6, 6.07) is 7.38. The number of nitrogens with zero attached hydrogens (tertiary/aromatic N) is 2. The van der Waals surface area contributed by atoms with Crippen LogP contribution in [0.2, 0.25) is 0 Å². The van der Waals surface area contributed by atoms with E-state index in [1.807, 2.05) is 32.7 Å². The van der Waals surface area contributed by atoms with Crippen LogP contribution >= 0.6 is 22.7 Å². The average Bonchev–Trinajstić information content (AvgIpc) is 3.92. The number of esters is 2. The van der Waals surface area contributed by atoms with Crippen LogP contribution in [0.1, 0.15) is 124 Å². The molecule has 0 saturated carbocycles. The average molecular weight is 689 g/mol. The van der Waals surface area contributed by atoms with E-state index in [9.17, 15) is 19.2 Å². The third kappa shape index (κ3) is 5.39. The van der Waals surface area contributed by atoms with Crippen molar-refractivity contribution in [1.29, 1.82) is 0 Å². The van der Waals surface area contributed by atoms with Gasteiger partial charge in [0.05, 0.1) is 23.2 Å². The third-order valence-corrected chi connectivity index (χ3v) is 12.9. The van der Waals surface area contributed by atoms with Crippen LogP contribution in [0, 0.1) is 11.8 Å². The Morgan fingerprint density at radius 1 is 0.646 bits per heavy atom. The van der Waals surface area contributed by atoms with Crippen molar-refractivity contribution in [3.8, 4) is 11.5 Å². The SMILES string of the molecule is CCCCC(CC)CN1C(=O)C(C2C(=O)Oc3cc4c(cc32)OC(=O)C4C2C(=O)N(CC(CC)CCCC)c3ccsc32)c2sccc21. The van der Waals surface area contributed by atoms with E-state index in [-0.39, 0.29) is 11.8 Å². The molecule has 4 aliphatic heterocycles. The summed E-state index contributed by atoms with van der Waals surface area (Å²) in [5.41, 5.74) is 2.88. The Balaban J connectivity index is 1.18. The number of fused-ring (bicyclic) bond motifs is 4. The maximum absolute atomic E-state index is 14.1. The van der Waals surface area contributed by atoms with Crippen molar-refractivity contribution in [3.63, 3.8) is 0 Å². The Morgan fingerprint density at radius 2 is 1.06 bits per heavy atom. The van der Waals surface area contributed by atoms with Gasteiger partial charge in [0.2, 0.25) is 11.8 Å². The molecule has 2 aromatic heterocycles. The van der Waals surface area contributed by atoms with Crippen LogP contribution in [0.4, 0.5) is 11.4 Å². The highest BCUT2D eigenvalue weighted by Gasteiger charge is 2.54. The molecular formula is C38H44N2O6S2. The number of hydrogen-bond acceptors (Lipinski definition) is 8. The number of ether oxygens (including phenoxy) is 2. The molecule has 6 atom stereocenters. The van der Waals surface area contributed by atoms with Crippen molar-refractivity contribution in [2.75, 3.05) is 22.9 Å². The number of rotatable bonds is 14. The van der Waals surface area contributed by atoms with Gasteiger partial charge in [0, 0.05) is 34.0 Å². The van der Waals surface area contributed by atoms with Gasteiger partial charge in [-0.05, 0) is 59.7 Å². The fourth-order valence-corrected chi connectivity index (χ4v) is 10.2. The molecule has 7 rings (SSSR count). The Morgan fingerprint density at radius 3 is 1.44 bits per heavy atom. The molecule has 1 aromatic carbocycles. The van der Waals surface area contributed by atoms with E-state index in [1.165, 1.54) is 22.7 Å². The predicted octanol–water partition coefficient (Wildman–Crippen LogP) is 8.51. The minimum Gasteiger partial charge on any atom is -0.426 e. The summed E-state index contributed by atoms with van der Waals surface area (Å²) in [4.78, 5) is 61.0. The Kier molecular flexibility index (Phi) is 9.24. The molecule has 254 valence electrons. The first-order valence-corrected chi connectivity index (χ1v) is 19.5. The molecule has 48 heavy (non-hydrogen) atoms. The van der Waals surface area contributed by atoms with Crippen LogP contribution in [0.15, 0.2) is 35.0 Å². The molecule has 0 N–H and O–H groups in total. The molecule has 3 aromatic rings. The van der Waals surface area contributed by atoms with Gasteiger partial charge in [0.15, 0.2) is 0 Å². The van der Waals surface area contributed by atoms with E-state index in [2.05, 4.69) is 27.7 Å². The number of anilines is 2. The molecule has 0 bridgehead atoms. The largest absolute Gasteiger partial charge is 0.426 e. The van der Waals surface area contributed by atoms with Crippen LogP contribution in [0.5, 0.6) is 11.5 Å². The highest BCUT2D eigenvalue weighted by Crippen LogP contribution is 2.57. The lowest BCUT2D eigenvalue weighted by Gasteiger charge is -2.24. The van der Waals surface area contributed by atoms with Crippen LogP contribution in [-0.2, 0) is 19.2 Å². The van der Waals surface area contributed by atoms with Crippen LogP contribution in [0.3, 0.4) is 0 Å². The van der Waals surface area contributed by atoms with Crippen molar-refractivity contribution in [1.82, 2.24) is 0 Å². The van der Waals surface area contributed by atoms with Gasteiger partial charge < -0.3 is 19.3 Å². The molecule has 0 aliphatic carbocycles. The lowest BCUT2D eigenvalue weighted by Crippen LogP contribution is -2.36. The fraction of sp³-hybridized carbons (Fsp3) is 0.526. The molecule has 2 amide bonds. The number of unbranched alkanes of at least 4 members (excludes halogenated alkanes) is 2. The minimum atomic E-state index is -0.838. The second-order valence-electron chi connectivity index (χ2n) is 13.8. The second-order valence-corrected chi connectivity index (χ2v) is 15.6. The van der Waals surface area contributed by atoms with Crippen LogP contribution in [0.25, 0.3) is 0 Å². The number of carbonyl (C=O) groups is 4. The highest BCUT2D eigenvalue weighted by atomic mass is 32.1. The van der Waals surface area contributed by atoms with Crippen molar-refractivity contribution in [2.45, 2.75) is 103 Å². The van der Waals surface area contributed by atoms with E-state index in [1.54, 1.807) is 12.1 Å². The fourth-order valence-electron chi connectivity index (χ4n) is 8.14. The standard InChI is InChI=1S/C38H44N2O6S2/c1-5-9-11-21(7-3)19-39-25-13-15-47-33(25)31(35(39)41)29-23-17-28-24(18-27(23)45-37(29)43)30(38(44)46-28)32-34-26(14-16-48-34)40(36(32)42)20-22(8-4)12-10-6-2/h13-18,21-22,29-32H,5-12,19-20H2,1-4H3. The summed E-state index contributed by atoms with van der Waals surface area (Å²) < 4.78 is 11.8. The zero-order valence-corrected chi connectivity index (χ0v) is 29.8. The number of carbonyl (C=O) groups excluding carboxylic acids is 4. The molecule has 0 spiro atoms. The van der Waals surface area contributed by atoms with Crippen molar-refractivity contribution < 1.29 is 28.7 Å². The summed E-state index contributed by atoms with van der Waals surface area (Å²) in [5, 5.41) is 3.96. The van der Waals surface area contributed by atoms with Gasteiger partial charge in [-0.2, -0.15) is 0 Å². The summed E-state index contributed by atoms with van der Waals surface area (Å²) in [6.45, 7) is 9.94. The third-order valence-electron chi connectivity index (χ3n) is 10.9. The molecule has 6 heterocycles. The van der Waals surface area contributed by atoms with Gasteiger partial charge in [0.25, 0.3) is 0 Å². The van der Waals surface area contributed by atoms with E-state index in [4.69, 9.17) is 9.47 Å². The van der Waals surface area contributed by atoms with Crippen molar-refractivity contribution in [3.05, 3.63) is 55.9 Å². The zero-order chi connectivity index (χ0) is 33.7. The van der Waals surface area contributed by atoms with Crippen LogP contribution < -0.4 is 19.3 Å². The maximum atomic E-state index is 14.1. The molecule has 0 fully saturated rings. The Hall–Kier alpha value is -3.50. The molecule has 10 heteroatoms. The van der Waals surface area contributed by atoms with Gasteiger partial charge in [-0.15, -0.1) is 22.7 Å². The van der Waals surface area contributed by atoms with E-state index < -0.39 is 35.6 Å². The van der Waals surface area contributed by atoms with Crippen molar-refractivity contribution >= 4 is 57.8 Å². The lowest BCUT2D eigenvalue weighted by atomic mass is 9.83. The van der Waals surface area contributed by atoms with E-state index in [0.717, 1.165) is 72.5 Å². The normalized spacial score (nSPS) is 23.7. The maximum Gasteiger partial charge on any atom is 0.320 e. The van der Waals surface area contributed by atoms with Gasteiger partial charge in [0.1, 0.15) is 23.3 Å². The van der Waals surface area contributed by atoms with Gasteiger partial charge in [-0.25, -0.2) is 0 Å². The monoisotopic (exact) mass is 688 g/mol.